The highest BCUT2D eigenvalue weighted by atomic mass is 32.2. The lowest BCUT2D eigenvalue weighted by Crippen LogP contribution is -1.86. The van der Waals surface area contributed by atoms with Crippen LogP contribution in [0.25, 0.3) is 11.4 Å². The molecule has 5 nitrogen and oxygen atoms in total. The van der Waals surface area contributed by atoms with Crippen LogP contribution in [-0.4, -0.2) is 20.6 Å². The Labute approximate surface area is 119 Å². The first-order valence-corrected chi connectivity index (χ1v) is 6.69. The van der Waals surface area contributed by atoms with E-state index in [2.05, 4.69) is 26.7 Å². The molecule has 6 heteroatoms. The Morgan fingerprint density at radius 2 is 1.95 bits per heavy atom. The minimum Gasteiger partial charge on any atom is -0.239 e. The number of aromatic amines is 1. The van der Waals surface area contributed by atoms with Crippen LogP contribution in [-0.2, 0) is 0 Å². The summed E-state index contributed by atoms with van der Waals surface area (Å²) in [5.41, 5.74) is 1.49. The van der Waals surface area contributed by atoms with Crippen LogP contribution < -0.4 is 0 Å². The third-order valence-corrected chi connectivity index (χ3v) is 3.76. The van der Waals surface area contributed by atoms with Crippen molar-refractivity contribution in [3.8, 4) is 17.5 Å². The standard InChI is InChI=1S/C14H9N5S/c15-9-11-7-6-10(14-16-18-19-17-14)8-13(11)20-12-4-2-1-3-5-12/h1-8H,(H,16,17,18,19). The van der Waals surface area contributed by atoms with Gasteiger partial charge in [-0.3, -0.25) is 0 Å². The summed E-state index contributed by atoms with van der Waals surface area (Å²) in [5, 5.41) is 22.9. The first-order chi connectivity index (χ1) is 9.86. The molecule has 0 radical (unpaired) electrons. The number of nitriles is 1. The van der Waals surface area contributed by atoms with Gasteiger partial charge in [-0.2, -0.15) is 5.26 Å². The van der Waals surface area contributed by atoms with E-state index < -0.39 is 0 Å². The number of rotatable bonds is 3. The van der Waals surface area contributed by atoms with Crippen LogP contribution >= 0.6 is 11.8 Å². The smallest absolute Gasteiger partial charge is 0.179 e. The van der Waals surface area contributed by atoms with E-state index in [1.54, 1.807) is 17.8 Å². The number of benzene rings is 2. The average Bonchev–Trinajstić information content (AvgIpc) is 3.02. The van der Waals surface area contributed by atoms with Gasteiger partial charge in [-0.15, -0.1) is 5.10 Å². The first kappa shape index (κ1) is 12.4. The van der Waals surface area contributed by atoms with Crippen LogP contribution in [0.1, 0.15) is 5.56 Å². The van der Waals surface area contributed by atoms with Crippen molar-refractivity contribution < 1.29 is 0 Å². The lowest BCUT2D eigenvalue weighted by atomic mass is 10.1. The van der Waals surface area contributed by atoms with Crippen molar-refractivity contribution in [2.45, 2.75) is 9.79 Å². The molecule has 1 N–H and O–H groups in total. The molecule has 0 fully saturated rings. The normalized spacial score (nSPS) is 10.2. The highest BCUT2D eigenvalue weighted by Crippen LogP contribution is 2.32. The van der Waals surface area contributed by atoms with Crippen molar-refractivity contribution in [2.75, 3.05) is 0 Å². The molecule has 1 aromatic heterocycles. The number of hydrogen-bond donors (Lipinski definition) is 1. The molecule has 0 unspecified atom stereocenters. The SMILES string of the molecule is N#Cc1ccc(-c2nnn[nH]2)cc1Sc1ccccc1. The molecule has 0 aliphatic rings. The second-order valence-corrected chi connectivity index (χ2v) is 5.10. The van der Waals surface area contributed by atoms with Gasteiger partial charge in [0.1, 0.15) is 6.07 Å². The van der Waals surface area contributed by atoms with Crippen LogP contribution in [0.4, 0.5) is 0 Å². The fourth-order valence-electron chi connectivity index (χ4n) is 1.74. The summed E-state index contributed by atoms with van der Waals surface area (Å²) in [6.45, 7) is 0. The number of aromatic nitrogens is 4. The minimum atomic E-state index is 0.587. The molecular formula is C14H9N5S. The number of nitrogens with zero attached hydrogens (tertiary/aromatic N) is 4. The minimum absolute atomic E-state index is 0.587. The van der Waals surface area contributed by atoms with Crippen molar-refractivity contribution in [3.05, 3.63) is 54.1 Å². The Balaban J connectivity index is 2.00. The van der Waals surface area contributed by atoms with Crippen LogP contribution in [0.2, 0.25) is 0 Å². The maximum Gasteiger partial charge on any atom is 0.179 e. The van der Waals surface area contributed by atoms with Crippen molar-refractivity contribution in [1.82, 2.24) is 20.6 Å². The topological polar surface area (TPSA) is 78.2 Å². The van der Waals surface area contributed by atoms with E-state index in [0.717, 1.165) is 15.4 Å². The van der Waals surface area contributed by atoms with E-state index in [0.29, 0.717) is 11.4 Å². The van der Waals surface area contributed by atoms with Crippen molar-refractivity contribution in [3.63, 3.8) is 0 Å². The Bertz CT molecular complexity index is 747. The third-order valence-electron chi connectivity index (χ3n) is 2.69. The second kappa shape index (κ2) is 5.55. The summed E-state index contributed by atoms with van der Waals surface area (Å²) in [7, 11) is 0. The van der Waals surface area contributed by atoms with E-state index in [-0.39, 0.29) is 0 Å². The number of H-pyrrole nitrogens is 1. The van der Waals surface area contributed by atoms with Gasteiger partial charge in [0.2, 0.25) is 0 Å². The molecule has 96 valence electrons. The van der Waals surface area contributed by atoms with Gasteiger partial charge in [0.25, 0.3) is 0 Å². The molecule has 0 spiro atoms. The fraction of sp³-hybridized carbons (Fsp3) is 0. The van der Waals surface area contributed by atoms with Crippen LogP contribution in [0, 0.1) is 11.3 Å². The molecule has 0 saturated heterocycles. The zero-order valence-electron chi connectivity index (χ0n) is 10.3. The Kier molecular flexibility index (Phi) is 3.44. The van der Waals surface area contributed by atoms with Gasteiger partial charge in [-0.05, 0) is 40.8 Å². The lowest BCUT2D eigenvalue weighted by molar-refractivity contribution is 0.881. The molecule has 3 aromatic rings. The van der Waals surface area contributed by atoms with Gasteiger partial charge in [0.05, 0.1) is 5.56 Å². The van der Waals surface area contributed by atoms with Crippen LogP contribution in [0.5, 0.6) is 0 Å². The summed E-state index contributed by atoms with van der Waals surface area (Å²) in [4.78, 5) is 1.96. The van der Waals surface area contributed by atoms with E-state index >= 15 is 0 Å². The molecule has 0 atom stereocenters. The highest BCUT2D eigenvalue weighted by Gasteiger charge is 2.09. The number of hydrogen-bond acceptors (Lipinski definition) is 5. The predicted octanol–water partition coefficient (Wildman–Crippen LogP) is 2.89. The zero-order valence-corrected chi connectivity index (χ0v) is 11.1. The maximum absolute atomic E-state index is 9.21. The lowest BCUT2D eigenvalue weighted by Gasteiger charge is -2.05. The van der Waals surface area contributed by atoms with Gasteiger partial charge in [0, 0.05) is 15.4 Å². The molecule has 0 bridgehead atoms. The monoisotopic (exact) mass is 279 g/mol. The Morgan fingerprint density at radius 3 is 2.65 bits per heavy atom. The van der Waals surface area contributed by atoms with Crippen molar-refractivity contribution in [1.29, 1.82) is 5.26 Å². The summed E-state index contributed by atoms with van der Waals surface area (Å²) in [5.74, 6) is 0.587. The molecule has 0 aliphatic carbocycles. The molecule has 20 heavy (non-hydrogen) atoms. The van der Waals surface area contributed by atoms with Crippen molar-refractivity contribution in [2.24, 2.45) is 0 Å². The summed E-state index contributed by atoms with van der Waals surface area (Å²) < 4.78 is 0. The number of tetrazole rings is 1. The van der Waals surface area contributed by atoms with Gasteiger partial charge in [-0.1, -0.05) is 30.0 Å². The molecular weight excluding hydrogens is 270 g/mol. The third kappa shape index (κ3) is 2.53. The summed E-state index contributed by atoms with van der Waals surface area (Å²) in [6.07, 6.45) is 0. The quantitative estimate of drug-likeness (QED) is 0.797. The fourth-order valence-corrected chi connectivity index (χ4v) is 2.70. The largest absolute Gasteiger partial charge is 0.239 e. The number of nitrogens with one attached hydrogen (secondary N) is 1. The van der Waals surface area contributed by atoms with Crippen LogP contribution in [0.3, 0.4) is 0 Å². The molecule has 0 amide bonds. The average molecular weight is 279 g/mol. The predicted molar refractivity (Wildman–Crippen MR) is 74.9 cm³/mol. The second-order valence-electron chi connectivity index (χ2n) is 3.99. The zero-order chi connectivity index (χ0) is 13.8. The van der Waals surface area contributed by atoms with E-state index in [1.165, 1.54) is 0 Å². The molecule has 1 heterocycles. The Hall–Kier alpha value is -2.65. The first-order valence-electron chi connectivity index (χ1n) is 5.88. The molecule has 0 saturated carbocycles. The molecule has 3 rings (SSSR count). The van der Waals surface area contributed by atoms with E-state index in [1.807, 2.05) is 42.5 Å². The van der Waals surface area contributed by atoms with Gasteiger partial charge >= 0.3 is 0 Å². The highest BCUT2D eigenvalue weighted by molar-refractivity contribution is 7.99. The Morgan fingerprint density at radius 1 is 1.10 bits per heavy atom. The molecule has 2 aromatic carbocycles. The summed E-state index contributed by atoms with van der Waals surface area (Å²) >= 11 is 1.55. The van der Waals surface area contributed by atoms with E-state index in [9.17, 15) is 5.26 Å². The van der Waals surface area contributed by atoms with Crippen LogP contribution in [0.15, 0.2) is 58.3 Å². The summed E-state index contributed by atoms with van der Waals surface area (Å²) in [6, 6.07) is 17.7. The van der Waals surface area contributed by atoms with Gasteiger partial charge in [-0.25, -0.2) is 5.10 Å². The van der Waals surface area contributed by atoms with Gasteiger partial charge < -0.3 is 0 Å². The molecule has 0 aliphatic heterocycles. The van der Waals surface area contributed by atoms with E-state index in [4.69, 9.17) is 0 Å². The maximum atomic E-state index is 9.21. The van der Waals surface area contributed by atoms with Crippen molar-refractivity contribution >= 4 is 11.8 Å². The van der Waals surface area contributed by atoms with Gasteiger partial charge in [0.15, 0.2) is 5.82 Å².